The third-order valence-electron chi connectivity index (χ3n) is 3.12. The average molecular weight is 340 g/mol. The van der Waals surface area contributed by atoms with Crippen molar-refractivity contribution in [2.45, 2.75) is 0 Å². The highest BCUT2D eigenvalue weighted by atomic mass is 32.1. The molecule has 2 N–H and O–H groups in total. The third kappa shape index (κ3) is 3.73. The van der Waals surface area contributed by atoms with Crippen LogP contribution in [0, 0.1) is 10.1 Å². The van der Waals surface area contributed by atoms with Gasteiger partial charge >= 0.3 is 0 Å². The van der Waals surface area contributed by atoms with E-state index in [1.165, 1.54) is 18.2 Å². The Morgan fingerprint density at radius 1 is 1.12 bits per heavy atom. The number of non-ortho nitro benzene ring substituents is 1. The van der Waals surface area contributed by atoms with Gasteiger partial charge in [-0.3, -0.25) is 10.1 Å². The first-order valence-corrected chi connectivity index (χ1v) is 7.37. The van der Waals surface area contributed by atoms with E-state index in [1.807, 2.05) is 30.3 Å². The zero-order chi connectivity index (χ0) is 16.9. The van der Waals surface area contributed by atoms with Crippen LogP contribution in [0.15, 0.2) is 70.2 Å². The monoisotopic (exact) mass is 340 g/mol. The summed E-state index contributed by atoms with van der Waals surface area (Å²) >= 11 is 5.14. The lowest BCUT2D eigenvalue weighted by molar-refractivity contribution is -0.384. The van der Waals surface area contributed by atoms with Gasteiger partial charge < -0.3 is 9.73 Å². The summed E-state index contributed by atoms with van der Waals surface area (Å²) in [5.74, 6) is 0. The van der Waals surface area contributed by atoms with Gasteiger partial charge in [0.2, 0.25) is 5.55 Å². The van der Waals surface area contributed by atoms with Crippen LogP contribution in [0.25, 0.3) is 11.0 Å². The Bertz CT molecular complexity index is 970. The molecule has 0 atom stereocenters. The Balaban J connectivity index is 1.76. The van der Waals surface area contributed by atoms with Crippen LogP contribution < -0.4 is 16.3 Å². The van der Waals surface area contributed by atoms with Crippen molar-refractivity contribution in [1.82, 2.24) is 5.43 Å². The van der Waals surface area contributed by atoms with Crippen LogP contribution in [0.2, 0.25) is 0 Å². The van der Waals surface area contributed by atoms with Crippen LogP contribution in [0.3, 0.4) is 0 Å². The summed E-state index contributed by atoms with van der Waals surface area (Å²) in [5, 5.41) is 18.7. The summed E-state index contributed by atoms with van der Waals surface area (Å²) < 4.78 is 5.56. The average Bonchev–Trinajstić information content (AvgIpc) is 2.60. The maximum atomic E-state index is 10.8. The maximum absolute atomic E-state index is 10.8. The van der Waals surface area contributed by atoms with Gasteiger partial charge in [-0.05, 0) is 36.5 Å². The van der Waals surface area contributed by atoms with E-state index < -0.39 is 4.92 Å². The second-order valence-corrected chi connectivity index (χ2v) is 5.20. The van der Waals surface area contributed by atoms with Crippen molar-refractivity contribution in [3.8, 4) is 0 Å². The van der Waals surface area contributed by atoms with Crippen molar-refractivity contribution in [3.05, 3.63) is 76.3 Å². The van der Waals surface area contributed by atoms with Crippen LogP contribution in [0.5, 0.6) is 0 Å². The number of hydrogen-bond acceptors (Lipinski definition) is 5. The summed E-state index contributed by atoms with van der Waals surface area (Å²) in [6.07, 6.45) is 0. The number of rotatable bonds is 3. The smallest absolute Gasteiger partial charge is 0.270 e. The second kappa shape index (κ2) is 6.88. The molecule has 2 aromatic carbocycles. The maximum Gasteiger partial charge on any atom is 0.270 e. The van der Waals surface area contributed by atoms with Gasteiger partial charge in [-0.2, -0.15) is 0 Å². The number of thiocarbonyl (C=S) groups is 1. The van der Waals surface area contributed by atoms with Gasteiger partial charge in [0.15, 0.2) is 5.11 Å². The molecule has 0 aliphatic rings. The normalized spacial score (nSPS) is 11.2. The Morgan fingerprint density at radius 2 is 1.92 bits per heavy atom. The third-order valence-corrected chi connectivity index (χ3v) is 3.32. The number of anilines is 1. The molecule has 24 heavy (non-hydrogen) atoms. The SMILES string of the molecule is O=[N+]([O-])c1ccc2o/c(=N\NC(=S)Nc3ccccc3)ccc2c1. The minimum Gasteiger partial charge on any atom is -0.437 e. The van der Waals surface area contributed by atoms with Gasteiger partial charge in [0.1, 0.15) is 5.58 Å². The van der Waals surface area contributed by atoms with Crippen molar-refractivity contribution in [3.63, 3.8) is 0 Å². The second-order valence-electron chi connectivity index (χ2n) is 4.80. The number of benzene rings is 2. The van der Waals surface area contributed by atoms with Gasteiger partial charge in [0.05, 0.1) is 4.92 Å². The molecule has 3 rings (SSSR count). The molecule has 1 aromatic heterocycles. The van der Waals surface area contributed by atoms with E-state index in [1.54, 1.807) is 12.1 Å². The van der Waals surface area contributed by atoms with Crippen LogP contribution in [-0.2, 0) is 0 Å². The van der Waals surface area contributed by atoms with Gasteiger partial charge in [-0.1, -0.05) is 18.2 Å². The Kier molecular flexibility index (Phi) is 4.48. The Labute approximate surface area is 141 Å². The van der Waals surface area contributed by atoms with Gasteiger partial charge in [-0.25, -0.2) is 5.43 Å². The highest BCUT2D eigenvalue weighted by Gasteiger charge is 2.06. The molecule has 0 aliphatic carbocycles. The molecular formula is C16H12N4O3S. The highest BCUT2D eigenvalue weighted by molar-refractivity contribution is 7.80. The molecule has 0 spiro atoms. The molecule has 0 bridgehead atoms. The van der Waals surface area contributed by atoms with Crippen molar-refractivity contribution in [2.24, 2.45) is 5.10 Å². The summed E-state index contributed by atoms with van der Waals surface area (Å²) in [4.78, 5) is 10.3. The lowest BCUT2D eigenvalue weighted by atomic mass is 10.2. The van der Waals surface area contributed by atoms with E-state index in [0.717, 1.165) is 5.69 Å². The van der Waals surface area contributed by atoms with Gasteiger partial charge in [0.25, 0.3) is 5.69 Å². The van der Waals surface area contributed by atoms with Crippen LogP contribution >= 0.6 is 12.2 Å². The molecular weight excluding hydrogens is 328 g/mol. The molecule has 0 radical (unpaired) electrons. The summed E-state index contributed by atoms with van der Waals surface area (Å²) in [7, 11) is 0. The summed E-state index contributed by atoms with van der Waals surface area (Å²) in [6.45, 7) is 0. The fourth-order valence-corrected chi connectivity index (χ4v) is 2.19. The van der Waals surface area contributed by atoms with Gasteiger partial charge in [-0.15, -0.1) is 5.10 Å². The van der Waals surface area contributed by atoms with Crippen molar-refractivity contribution < 1.29 is 9.34 Å². The fraction of sp³-hybridized carbons (Fsp3) is 0. The zero-order valence-electron chi connectivity index (χ0n) is 12.3. The topological polar surface area (TPSA) is 92.7 Å². The van der Waals surface area contributed by atoms with Crippen LogP contribution in [0.1, 0.15) is 0 Å². The Hall–Kier alpha value is -3.26. The summed E-state index contributed by atoms with van der Waals surface area (Å²) in [6, 6.07) is 17.1. The van der Waals surface area contributed by atoms with E-state index in [-0.39, 0.29) is 5.69 Å². The molecule has 120 valence electrons. The number of hydrogen-bond donors (Lipinski definition) is 2. The number of nitro groups is 1. The molecule has 0 amide bonds. The number of nitro benzene ring substituents is 1. The Morgan fingerprint density at radius 3 is 2.67 bits per heavy atom. The minimum atomic E-state index is -0.451. The number of para-hydroxylation sites is 1. The molecule has 0 unspecified atom stereocenters. The van der Waals surface area contributed by atoms with E-state index >= 15 is 0 Å². The first kappa shape index (κ1) is 15.6. The predicted molar refractivity (Wildman–Crippen MR) is 94.2 cm³/mol. The predicted octanol–water partition coefficient (Wildman–Crippen LogP) is 3.14. The largest absolute Gasteiger partial charge is 0.437 e. The molecule has 3 aromatic rings. The standard InChI is InChI=1S/C16H12N4O3S/c21-20(22)13-7-8-14-11(10-13)6-9-15(23-14)18-19-16(24)17-12-4-2-1-3-5-12/h1-10H,(H2,17,19,24)/b18-15-. The van der Waals surface area contributed by atoms with E-state index in [4.69, 9.17) is 16.6 Å². The van der Waals surface area contributed by atoms with E-state index in [0.29, 0.717) is 21.6 Å². The zero-order valence-corrected chi connectivity index (χ0v) is 13.1. The molecule has 0 saturated heterocycles. The van der Waals surface area contributed by atoms with Crippen LogP contribution in [-0.4, -0.2) is 10.0 Å². The highest BCUT2D eigenvalue weighted by Crippen LogP contribution is 2.18. The molecule has 0 fully saturated rings. The molecule has 0 saturated carbocycles. The first-order chi connectivity index (χ1) is 11.6. The van der Waals surface area contributed by atoms with Crippen molar-refractivity contribution in [1.29, 1.82) is 0 Å². The first-order valence-electron chi connectivity index (χ1n) is 6.96. The lowest BCUT2D eigenvalue weighted by Gasteiger charge is -2.05. The quantitative estimate of drug-likeness (QED) is 0.432. The lowest BCUT2D eigenvalue weighted by Crippen LogP contribution is -2.26. The van der Waals surface area contributed by atoms with Gasteiger partial charge in [0, 0.05) is 29.3 Å². The molecule has 7 nitrogen and oxygen atoms in total. The minimum absolute atomic E-state index is 0.00810. The fourth-order valence-electron chi connectivity index (χ4n) is 2.03. The number of fused-ring (bicyclic) bond motifs is 1. The summed E-state index contributed by atoms with van der Waals surface area (Å²) in [5.41, 5.74) is 4.32. The number of nitrogens with one attached hydrogen (secondary N) is 2. The van der Waals surface area contributed by atoms with Crippen molar-refractivity contribution >= 4 is 39.7 Å². The van der Waals surface area contributed by atoms with E-state index in [9.17, 15) is 10.1 Å². The molecule has 8 heteroatoms. The van der Waals surface area contributed by atoms with Crippen LogP contribution in [0.4, 0.5) is 11.4 Å². The number of nitrogens with zero attached hydrogens (tertiary/aromatic N) is 2. The molecule has 0 aliphatic heterocycles. The molecule has 1 heterocycles. The van der Waals surface area contributed by atoms with E-state index in [2.05, 4.69) is 15.8 Å². The van der Waals surface area contributed by atoms with Crippen molar-refractivity contribution in [2.75, 3.05) is 5.32 Å².